The van der Waals surface area contributed by atoms with Crippen LogP contribution < -0.4 is 4.74 Å². The van der Waals surface area contributed by atoms with Gasteiger partial charge in [-0.05, 0) is 67.0 Å². The predicted molar refractivity (Wildman–Crippen MR) is 120 cm³/mol. The Kier molecular flexibility index (Phi) is 8.16. The van der Waals surface area contributed by atoms with Crippen LogP contribution in [0.3, 0.4) is 0 Å². The largest absolute Gasteiger partial charge is 0.494 e. The van der Waals surface area contributed by atoms with E-state index in [0.717, 1.165) is 30.4 Å². The monoisotopic (exact) mass is 426 g/mol. The summed E-state index contributed by atoms with van der Waals surface area (Å²) < 4.78 is 48.5. The maximum atomic E-state index is 14.5. The minimum absolute atomic E-state index is 0.338. The summed E-state index contributed by atoms with van der Waals surface area (Å²) in [7, 11) is 0. The maximum Gasteiger partial charge on any atom is 0.162 e. The number of unbranched alkanes of at least 4 members (excludes halogenated alkanes) is 2. The first-order valence-electron chi connectivity index (χ1n) is 11.0. The molecule has 0 heterocycles. The van der Waals surface area contributed by atoms with E-state index in [9.17, 15) is 13.2 Å². The van der Waals surface area contributed by atoms with Gasteiger partial charge in [-0.15, -0.1) is 0 Å². The highest BCUT2D eigenvalue weighted by atomic mass is 19.2. The Balaban J connectivity index is 1.65. The number of benzene rings is 3. The summed E-state index contributed by atoms with van der Waals surface area (Å²) in [5.74, 6) is -1.28. The molecular formula is C27H29F3O. The van der Waals surface area contributed by atoms with Crippen molar-refractivity contribution < 1.29 is 17.9 Å². The Labute approximate surface area is 182 Å². The molecule has 164 valence electrons. The molecule has 0 N–H and O–H groups in total. The van der Waals surface area contributed by atoms with Gasteiger partial charge in [0.1, 0.15) is 11.6 Å². The zero-order valence-electron chi connectivity index (χ0n) is 18.2. The van der Waals surface area contributed by atoms with Gasteiger partial charge in [0.2, 0.25) is 0 Å². The molecule has 0 aliphatic rings. The minimum Gasteiger partial charge on any atom is -0.494 e. The second-order valence-electron chi connectivity index (χ2n) is 7.74. The molecular weight excluding hydrogens is 397 g/mol. The SMILES string of the molecule is CCCCCc1ccc(CCc2ccc(-c3ccc(OCC)cc3F)cc2)c(F)c1F. The molecule has 4 heteroatoms. The lowest BCUT2D eigenvalue weighted by Crippen LogP contribution is -2.02. The zero-order chi connectivity index (χ0) is 22.2. The number of halogens is 3. The third kappa shape index (κ3) is 5.90. The van der Waals surface area contributed by atoms with Gasteiger partial charge in [0.05, 0.1) is 6.61 Å². The van der Waals surface area contributed by atoms with Crippen molar-refractivity contribution in [2.24, 2.45) is 0 Å². The van der Waals surface area contributed by atoms with E-state index >= 15 is 0 Å². The van der Waals surface area contributed by atoms with Crippen LogP contribution in [0.5, 0.6) is 5.75 Å². The molecule has 0 atom stereocenters. The van der Waals surface area contributed by atoms with E-state index in [2.05, 4.69) is 6.92 Å². The fourth-order valence-corrected chi connectivity index (χ4v) is 3.70. The molecule has 0 saturated carbocycles. The van der Waals surface area contributed by atoms with Crippen LogP contribution in [0.25, 0.3) is 11.1 Å². The summed E-state index contributed by atoms with van der Waals surface area (Å²) in [4.78, 5) is 0. The molecule has 31 heavy (non-hydrogen) atoms. The summed E-state index contributed by atoms with van der Waals surface area (Å²) in [6.07, 6.45) is 4.49. The molecule has 3 aromatic rings. The molecule has 0 saturated heterocycles. The van der Waals surface area contributed by atoms with Crippen molar-refractivity contribution in [3.05, 3.63) is 88.7 Å². The first kappa shape index (κ1) is 22.9. The van der Waals surface area contributed by atoms with E-state index in [0.29, 0.717) is 48.3 Å². The molecule has 0 aliphatic heterocycles. The van der Waals surface area contributed by atoms with Gasteiger partial charge in [0, 0.05) is 11.6 Å². The van der Waals surface area contributed by atoms with Crippen molar-refractivity contribution in [3.8, 4) is 16.9 Å². The summed E-state index contributed by atoms with van der Waals surface area (Å²) in [6.45, 7) is 4.42. The van der Waals surface area contributed by atoms with Crippen LogP contribution in [0.15, 0.2) is 54.6 Å². The first-order valence-corrected chi connectivity index (χ1v) is 11.0. The molecule has 0 unspecified atom stereocenters. The number of ether oxygens (including phenoxy) is 1. The molecule has 0 fully saturated rings. The molecule has 0 spiro atoms. The summed E-state index contributed by atoms with van der Waals surface area (Å²) in [5.41, 5.74) is 3.09. The fraction of sp³-hybridized carbons (Fsp3) is 0.333. The first-order chi connectivity index (χ1) is 15.0. The Morgan fingerprint density at radius 3 is 2.00 bits per heavy atom. The average Bonchev–Trinajstić information content (AvgIpc) is 2.77. The Morgan fingerprint density at radius 2 is 1.39 bits per heavy atom. The molecule has 3 rings (SSSR count). The zero-order valence-corrected chi connectivity index (χ0v) is 18.2. The van der Waals surface area contributed by atoms with Gasteiger partial charge in [0.25, 0.3) is 0 Å². The number of hydrogen-bond donors (Lipinski definition) is 0. The van der Waals surface area contributed by atoms with Gasteiger partial charge in [-0.3, -0.25) is 0 Å². The normalized spacial score (nSPS) is 11.0. The number of rotatable bonds is 10. The lowest BCUT2D eigenvalue weighted by Gasteiger charge is -2.10. The van der Waals surface area contributed by atoms with Crippen molar-refractivity contribution in [2.45, 2.75) is 52.4 Å². The van der Waals surface area contributed by atoms with Crippen molar-refractivity contribution in [1.29, 1.82) is 0 Å². The van der Waals surface area contributed by atoms with Crippen LogP contribution in [0, 0.1) is 17.5 Å². The number of hydrogen-bond acceptors (Lipinski definition) is 1. The third-order valence-corrected chi connectivity index (χ3v) is 5.49. The van der Waals surface area contributed by atoms with Crippen LogP contribution in [-0.2, 0) is 19.3 Å². The summed E-state index contributed by atoms with van der Waals surface area (Å²) >= 11 is 0. The lowest BCUT2D eigenvalue weighted by atomic mass is 9.98. The second-order valence-corrected chi connectivity index (χ2v) is 7.74. The van der Waals surface area contributed by atoms with E-state index in [-0.39, 0.29) is 5.82 Å². The van der Waals surface area contributed by atoms with Crippen molar-refractivity contribution in [3.63, 3.8) is 0 Å². The van der Waals surface area contributed by atoms with Gasteiger partial charge in [-0.25, -0.2) is 13.2 Å². The van der Waals surface area contributed by atoms with Gasteiger partial charge >= 0.3 is 0 Å². The van der Waals surface area contributed by atoms with Crippen LogP contribution in [0.4, 0.5) is 13.2 Å². The van der Waals surface area contributed by atoms with Crippen molar-refractivity contribution in [2.75, 3.05) is 6.61 Å². The highest BCUT2D eigenvalue weighted by Gasteiger charge is 2.13. The molecule has 0 aliphatic carbocycles. The molecule has 0 radical (unpaired) electrons. The topological polar surface area (TPSA) is 9.23 Å². The van der Waals surface area contributed by atoms with Crippen molar-refractivity contribution in [1.82, 2.24) is 0 Å². The fourth-order valence-electron chi connectivity index (χ4n) is 3.70. The quantitative estimate of drug-likeness (QED) is 0.302. The van der Waals surface area contributed by atoms with Crippen LogP contribution >= 0.6 is 0 Å². The molecule has 0 aromatic heterocycles. The van der Waals surface area contributed by atoms with Gasteiger partial charge < -0.3 is 4.74 Å². The second kappa shape index (κ2) is 11.0. The maximum absolute atomic E-state index is 14.5. The van der Waals surface area contributed by atoms with Crippen LogP contribution in [-0.4, -0.2) is 6.61 Å². The predicted octanol–water partition coefficient (Wildman–Crippen LogP) is 7.69. The van der Waals surface area contributed by atoms with E-state index in [4.69, 9.17) is 4.74 Å². The molecule has 1 nitrogen and oxygen atoms in total. The Hall–Kier alpha value is -2.75. The van der Waals surface area contributed by atoms with Gasteiger partial charge in [-0.1, -0.05) is 56.2 Å². The van der Waals surface area contributed by atoms with E-state index in [1.54, 1.807) is 24.3 Å². The van der Waals surface area contributed by atoms with Crippen molar-refractivity contribution >= 4 is 0 Å². The Morgan fingerprint density at radius 1 is 0.710 bits per heavy atom. The van der Waals surface area contributed by atoms with E-state index in [1.807, 2.05) is 31.2 Å². The molecule has 0 amide bonds. The average molecular weight is 427 g/mol. The smallest absolute Gasteiger partial charge is 0.162 e. The summed E-state index contributed by atoms with van der Waals surface area (Å²) in [5, 5.41) is 0. The standard InChI is InChI=1S/C27H29F3O/c1-3-5-6-7-21-14-15-22(27(30)26(21)29)13-10-19-8-11-20(12-9-19)24-17-16-23(31-4-2)18-25(24)28/h8-9,11-12,14-18H,3-7,10,13H2,1-2H3. The lowest BCUT2D eigenvalue weighted by molar-refractivity contribution is 0.338. The van der Waals surface area contributed by atoms with E-state index in [1.165, 1.54) is 6.07 Å². The third-order valence-electron chi connectivity index (χ3n) is 5.49. The summed E-state index contributed by atoms with van der Waals surface area (Å²) in [6, 6.07) is 15.7. The van der Waals surface area contributed by atoms with Crippen LogP contribution in [0.1, 0.15) is 49.8 Å². The minimum atomic E-state index is -0.734. The van der Waals surface area contributed by atoms with Gasteiger partial charge in [0.15, 0.2) is 11.6 Å². The number of aryl methyl sites for hydroxylation is 3. The molecule has 3 aromatic carbocycles. The highest BCUT2D eigenvalue weighted by molar-refractivity contribution is 5.65. The van der Waals surface area contributed by atoms with E-state index < -0.39 is 11.6 Å². The van der Waals surface area contributed by atoms with Crippen LogP contribution in [0.2, 0.25) is 0 Å². The molecule has 0 bridgehead atoms. The Bertz CT molecular complexity index is 996. The highest BCUT2D eigenvalue weighted by Crippen LogP contribution is 2.27. The van der Waals surface area contributed by atoms with Gasteiger partial charge in [-0.2, -0.15) is 0 Å².